The number of nitrogens with zero attached hydrogens (tertiary/aromatic N) is 2. The number of benzene rings is 1. The highest BCUT2D eigenvalue weighted by Crippen LogP contribution is 2.32. The van der Waals surface area contributed by atoms with Crippen LogP contribution in [-0.4, -0.2) is 29.0 Å². The van der Waals surface area contributed by atoms with Crippen molar-refractivity contribution in [3.05, 3.63) is 28.8 Å². The van der Waals surface area contributed by atoms with Crippen molar-refractivity contribution >= 4 is 40.5 Å². The fraction of sp³-hybridized carbons (Fsp3) is 0.385. The summed E-state index contributed by atoms with van der Waals surface area (Å²) in [4.78, 5) is 15.7. The first-order valence-corrected chi connectivity index (χ1v) is 6.72. The molecule has 0 N–H and O–H groups in total. The second-order valence-corrected chi connectivity index (χ2v) is 5.02. The molecule has 0 atom stereocenters. The molecule has 1 aliphatic heterocycles. The minimum Gasteiger partial charge on any atom is -0.348 e. The number of thiocarbonyl (C=S) groups is 1. The van der Waals surface area contributed by atoms with Gasteiger partial charge in [-0.05, 0) is 37.7 Å². The van der Waals surface area contributed by atoms with Gasteiger partial charge in [-0.25, -0.2) is 0 Å². The quantitative estimate of drug-likeness (QED) is 0.779. The molecule has 0 aliphatic carbocycles. The van der Waals surface area contributed by atoms with Crippen molar-refractivity contribution in [2.24, 2.45) is 0 Å². The van der Waals surface area contributed by atoms with E-state index in [2.05, 4.69) is 0 Å². The Bertz CT molecular complexity index is 484. The summed E-state index contributed by atoms with van der Waals surface area (Å²) in [6.45, 7) is 5.45. The smallest absolute Gasteiger partial charge is 0.235 e. The molecule has 1 aromatic carbocycles. The van der Waals surface area contributed by atoms with E-state index in [4.69, 9.17) is 23.8 Å². The van der Waals surface area contributed by atoms with E-state index >= 15 is 0 Å². The first kappa shape index (κ1) is 13.3. The number of hydrogen-bond acceptors (Lipinski definition) is 2. The van der Waals surface area contributed by atoms with Gasteiger partial charge in [-0.2, -0.15) is 0 Å². The Labute approximate surface area is 117 Å². The molecule has 0 unspecified atom stereocenters. The van der Waals surface area contributed by atoms with Gasteiger partial charge < -0.3 is 4.90 Å². The fourth-order valence-electron chi connectivity index (χ4n) is 2.11. The predicted molar refractivity (Wildman–Crippen MR) is 78.1 cm³/mol. The number of para-hydroxylation sites is 1. The Balaban J connectivity index is 2.47. The molecule has 0 bridgehead atoms. The van der Waals surface area contributed by atoms with Crippen LogP contribution in [0.4, 0.5) is 5.69 Å². The van der Waals surface area contributed by atoms with Gasteiger partial charge in [-0.15, -0.1) is 0 Å². The van der Waals surface area contributed by atoms with Gasteiger partial charge in [0.25, 0.3) is 0 Å². The zero-order valence-electron chi connectivity index (χ0n) is 10.4. The Hall–Kier alpha value is -1.13. The number of aryl methyl sites for hydroxylation is 1. The monoisotopic (exact) mass is 282 g/mol. The molecule has 3 nitrogen and oxygen atoms in total. The summed E-state index contributed by atoms with van der Waals surface area (Å²) in [5.74, 6) is 0.0147. The molecule has 0 radical (unpaired) electrons. The van der Waals surface area contributed by atoms with E-state index in [1.54, 1.807) is 11.0 Å². The maximum absolute atomic E-state index is 12.1. The van der Waals surface area contributed by atoms with Crippen molar-refractivity contribution in [2.45, 2.75) is 20.3 Å². The molecule has 2 rings (SSSR count). The number of halogens is 1. The largest absolute Gasteiger partial charge is 0.348 e. The Morgan fingerprint density at radius 1 is 1.44 bits per heavy atom. The van der Waals surface area contributed by atoms with Crippen molar-refractivity contribution in [3.63, 3.8) is 0 Å². The molecule has 1 aliphatic rings. The van der Waals surface area contributed by atoms with Gasteiger partial charge in [-0.3, -0.25) is 9.69 Å². The normalized spacial score (nSPS) is 16.4. The summed E-state index contributed by atoms with van der Waals surface area (Å²) >= 11 is 11.6. The van der Waals surface area contributed by atoms with E-state index in [9.17, 15) is 4.79 Å². The molecular weight excluding hydrogens is 268 g/mol. The van der Waals surface area contributed by atoms with Crippen LogP contribution in [0.1, 0.15) is 18.9 Å². The van der Waals surface area contributed by atoms with Gasteiger partial charge in [0, 0.05) is 19.5 Å². The molecule has 1 fully saturated rings. The van der Waals surface area contributed by atoms with E-state index in [-0.39, 0.29) is 5.91 Å². The van der Waals surface area contributed by atoms with Crippen LogP contribution < -0.4 is 4.90 Å². The summed E-state index contributed by atoms with van der Waals surface area (Å²) in [5, 5.41) is 1.11. The summed E-state index contributed by atoms with van der Waals surface area (Å²) in [6.07, 6.45) is 0.471. The number of carbonyl (C=O) groups is 1. The van der Waals surface area contributed by atoms with Gasteiger partial charge >= 0.3 is 0 Å². The molecule has 0 saturated carbocycles. The van der Waals surface area contributed by atoms with Crippen LogP contribution in [0, 0.1) is 6.92 Å². The van der Waals surface area contributed by atoms with Crippen LogP contribution in [0.15, 0.2) is 18.2 Å². The van der Waals surface area contributed by atoms with Crippen molar-refractivity contribution < 1.29 is 4.79 Å². The lowest BCUT2D eigenvalue weighted by molar-refractivity contribution is -0.118. The lowest BCUT2D eigenvalue weighted by Crippen LogP contribution is -2.52. The third kappa shape index (κ3) is 2.22. The average molecular weight is 283 g/mol. The van der Waals surface area contributed by atoms with Crippen LogP contribution >= 0.6 is 23.8 Å². The molecule has 1 saturated heterocycles. The fourth-order valence-corrected chi connectivity index (χ4v) is 2.83. The Kier molecular flexibility index (Phi) is 3.88. The Morgan fingerprint density at radius 2 is 2.17 bits per heavy atom. The topological polar surface area (TPSA) is 23.6 Å². The third-order valence-electron chi connectivity index (χ3n) is 3.10. The first-order chi connectivity index (χ1) is 8.56. The standard InChI is InChI=1S/C13H15ClN2OS/c1-3-15-8-7-11(17)16(13(15)18)12-9(2)5-4-6-10(12)14/h4-6H,3,7-8H2,1-2H3. The van der Waals surface area contributed by atoms with Gasteiger partial charge in [-0.1, -0.05) is 23.7 Å². The van der Waals surface area contributed by atoms with E-state index in [0.29, 0.717) is 28.8 Å². The van der Waals surface area contributed by atoms with Crippen LogP contribution in [0.3, 0.4) is 0 Å². The highest BCUT2D eigenvalue weighted by atomic mass is 35.5. The molecule has 0 aromatic heterocycles. The van der Waals surface area contributed by atoms with Gasteiger partial charge in [0.2, 0.25) is 5.91 Å². The lowest BCUT2D eigenvalue weighted by Gasteiger charge is -2.37. The molecule has 1 aromatic rings. The summed E-state index contributed by atoms with van der Waals surface area (Å²) in [6, 6.07) is 5.59. The zero-order chi connectivity index (χ0) is 13.3. The molecule has 5 heteroatoms. The van der Waals surface area contributed by atoms with E-state index in [1.807, 2.05) is 30.9 Å². The average Bonchev–Trinajstić information content (AvgIpc) is 2.33. The summed E-state index contributed by atoms with van der Waals surface area (Å²) < 4.78 is 0. The maximum atomic E-state index is 12.1. The number of carbonyl (C=O) groups excluding carboxylic acids is 1. The van der Waals surface area contributed by atoms with Gasteiger partial charge in [0.15, 0.2) is 5.11 Å². The van der Waals surface area contributed by atoms with Crippen LogP contribution in [0.25, 0.3) is 0 Å². The van der Waals surface area contributed by atoms with Crippen LogP contribution in [0.2, 0.25) is 5.02 Å². The summed E-state index contributed by atoms with van der Waals surface area (Å²) in [5.41, 5.74) is 1.67. The molecule has 0 spiro atoms. The number of hydrogen-bond donors (Lipinski definition) is 0. The summed E-state index contributed by atoms with van der Waals surface area (Å²) in [7, 11) is 0. The van der Waals surface area contributed by atoms with Crippen LogP contribution in [0.5, 0.6) is 0 Å². The molecule has 1 heterocycles. The number of anilines is 1. The van der Waals surface area contributed by atoms with E-state index in [0.717, 1.165) is 12.1 Å². The van der Waals surface area contributed by atoms with E-state index in [1.165, 1.54) is 0 Å². The predicted octanol–water partition coefficient (Wildman–Crippen LogP) is 2.99. The minimum atomic E-state index is 0.0147. The molecular formula is C13H15ClN2OS. The maximum Gasteiger partial charge on any atom is 0.235 e. The highest BCUT2D eigenvalue weighted by Gasteiger charge is 2.31. The zero-order valence-corrected chi connectivity index (χ0v) is 12.0. The second kappa shape index (κ2) is 5.24. The van der Waals surface area contributed by atoms with Crippen LogP contribution in [-0.2, 0) is 4.79 Å². The van der Waals surface area contributed by atoms with Crippen molar-refractivity contribution in [1.29, 1.82) is 0 Å². The minimum absolute atomic E-state index is 0.0147. The lowest BCUT2D eigenvalue weighted by atomic mass is 10.1. The van der Waals surface area contributed by atoms with E-state index < -0.39 is 0 Å². The van der Waals surface area contributed by atoms with Crippen molar-refractivity contribution in [1.82, 2.24) is 4.90 Å². The molecule has 1 amide bonds. The third-order valence-corrected chi connectivity index (χ3v) is 3.85. The molecule has 18 heavy (non-hydrogen) atoms. The number of rotatable bonds is 2. The van der Waals surface area contributed by atoms with Gasteiger partial charge in [0.05, 0.1) is 10.7 Å². The highest BCUT2D eigenvalue weighted by molar-refractivity contribution is 7.80. The second-order valence-electron chi connectivity index (χ2n) is 4.25. The Morgan fingerprint density at radius 3 is 2.78 bits per heavy atom. The van der Waals surface area contributed by atoms with Crippen molar-refractivity contribution in [2.75, 3.05) is 18.0 Å². The molecule has 96 valence electrons. The number of amides is 1. The van der Waals surface area contributed by atoms with Gasteiger partial charge in [0.1, 0.15) is 0 Å². The SMILES string of the molecule is CCN1CCC(=O)N(c2c(C)cccc2Cl)C1=S. The van der Waals surface area contributed by atoms with Crippen molar-refractivity contribution in [3.8, 4) is 0 Å². The first-order valence-electron chi connectivity index (χ1n) is 5.93.